The maximum absolute atomic E-state index is 11.9. The highest BCUT2D eigenvalue weighted by atomic mass is 16.6. The van der Waals surface area contributed by atoms with Crippen LogP contribution in [0.25, 0.3) is 0 Å². The average molecular weight is 373 g/mol. The summed E-state index contributed by atoms with van der Waals surface area (Å²) in [5, 5.41) is 14.9. The first kappa shape index (κ1) is 19.7. The summed E-state index contributed by atoms with van der Waals surface area (Å²) in [7, 11) is 3.05. The lowest BCUT2D eigenvalue weighted by molar-refractivity contribution is -0.385. The molecule has 1 N–H and O–H groups in total. The molecule has 0 aliphatic carbocycles. The van der Waals surface area contributed by atoms with E-state index < -0.39 is 17.4 Å². The molecule has 0 saturated carbocycles. The minimum atomic E-state index is -0.567. The molecule has 0 spiro atoms. The fourth-order valence-electron chi connectivity index (χ4n) is 2.18. The highest BCUT2D eigenvalue weighted by molar-refractivity contribution is 5.86. The molecule has 0 aromatic heterocycles. The third kappa shape index (κ3) is 5.43. The van der Waals surface area contributed by atoms with Gasteiger partial charge < -0.3 is 14.2 Å². The van der Waals surface area contributed by atoms with E-state index in [1.54, 1.807) is 31.2 Å². The van der Waals surface area contributed by atoms with E-state index in [4.69, 9.17) is 14.2 Å². The summed E-state index contributed by atoms with van der Waals surface area (Å²) in [5.41, 5.74) is 3.41. The second-order valence-electron chi connectivity index (χ2n) is 5.42. The predicted octanol–water partition coefficient (Wildman–Crippen LogP) is 2.45. The van der Waals surface area contributed by atoms with Gasteiger partial charge in [-0.1, -0.05) is 6.07 Å². The fraction of sp³-hybridized carbons (Fsp3) is 0.222. The van der Waals surface area contributed by atoms with Crippen LogP contribution in [0.15, 0.2) is 41.5 Å². The van der Waals surface area contributed by atoms with Gasteiger partial charge in [0.05, 0.1) is 25.4 Å². The lowest BCUT2D eigenvalue weighted by Gasteiger charge is -2.07. The molecule has 142 valence electrons. The van der Waals surface area contributed by atoms with Crippen molar-refractivity contribution >= 4 is 17.8 Å². The third-order valence-electron chi connectivity index (χ3n) is 3.50. The molecule has 0 radical (unpaired) electrons. The minimum Gasteiger partial charge on any atom is -0.497 e. The van der Waals surface area contributed by atoms with Gasteiger partial charge in [0, 0.05) is 11.6 Å². The average Bonchev–Trinajstić information content (AvgIpc) is 2.66. The van der Waals surface area contributed by atoms with Gasteiger partial charge in [-0.3, -0.25) is 14.9 Å². The quantitative estimate of drug-likeness (QED) is 0.432. The Bertz CT molecular complexity index is 866. The molecule has 2 rings (SSSR count). The van der Waals surface area contributed by atoms with Crippen LogP contribution in [0.1, 0.15) is 11.1 Å². The van der Waals surface area contributed by atoms with Crippen LogP contribution in [0.4, 0.5) is 5.69 Å². The SMILES string of the molecule is COc1ccc(OC)c(/C=N\NC(=O)COc2ccc(C)cc2[N+](=O)[O-])c1. The van der Waals surface area contributed by atoms with Crippen LogP contribution in [0.5, 0.6) is 17.2 Å². The van der Waals surface area contributed by atoms with Crippen LogP contribution in [-0.4, -0.2) is 37.9 Å². The maximum atomic E-state index is 11.9. The van der Waals surface area contributed by atoms with Crippen molar-refractivity contribution in [3.8, 4) is 17.2 Å². The number of hydrazone groups is 1. The van der Waals surface area contributed by atoms with E-state index in [2.05, 4.69) is 10.5 Å². The van der Waals surface area contributed by atoms with Crippen LogP contribution < -0.4 is 19.6 Å². The summed E-state index contributed by atoms with van der Waals surface area (Å²) in [6, 6.07) is 9.62. The Morgan fingerprint density at radius 2 is 1.93 bits per heavy atom. The summed E-state index contributed by atoms with van der Waals surface area (Å²) >= 11 is 0. The minimum absolute atomic E-state index is 0.0131. The smallest absolute Gasteiger partial charge is 0.311 e. The van der Waals surface area contributed by atoms with Gasteiger partial charge in [-0.25, -0.2) is 5.43 Å². The first-order valence-electron chi connectivity index (χ1n) is 7.86. The predicted molar refractivity (Wildman–Crippen MR) is 98.6 cm³/mol. The van der Waals surface area contributed by atoms with Crippen molar-refractivity contribution in [3.05, 3.63) is 57.6 Å². The van der Waals surface area contributed by atoms with Gasteiger partial charge in [-0.05, 0) is 36.8 Å². The van der Waals surface area contributed by atoms with E-state index in [0.29, 0.717) is 17.1 Å². The Hall–Kier alpha value is -3.62. The summed E-state index contributed by atoms with van der Waals surface area (Å²) < 4.78 is 15.6. The van der Waals surface area contributed by atoms with E-state index in [-0.39, 0.29) is 11.4 Å². The molecule has 27 heavy (non-hydrogen) atoms. The molecule has 0 bridgehead atoms. The number of nitrogens with one attached hydrogen (secondary N) is 1. The lowest BCUT2D eigenvalue weighted by Crippen LogP contribution is -2.24. The van der Waals surface area contributed by atoms with Crippen LogP contribution >= 0.6 is 0 Å². The van der Waals surface area contributed by atoms with Gasteiger partial charge in [0.2, 0.25) is 0 Å². The van der Waals surface area contributed by atoms with Crippen LogP contribution in [0.2, 0.25) is 0 Å². The van der Waals surface area contributed by atoms with E-state index in [1.165, 1.54) is 32.6 Å². The van der Waals surface area contributed by atoms with Crippen molar-refractivity contribution in [1.29, 1.82) is 0 Å². The number of carbonyl (C=O) groups is 1. The van der Waals surface area contributed by atoms with Crippen LogP contribution in [0, 0.1) is 17.0 Å². The summed E-state index contributed by atoms with van der Waals surface area (Å²) in [6.07, 6.45) is 1.40. The number of nitro benzene ring substituents is 1. The van der Waals surface area contributed by atoms with E-state index in [0.717, 1.165) is 5.56 Å². The zero-order valence-electron chi connectivity index (χ0n) is 15.1. The second-order valence-corrected chi connectivity index (χ2v) is 5.42. The van der Waals surface area contributed by atoms with E-state index in [1.807, 2.05) is 0 Å². The summed E-state index contributed by atoms with van der Waals surface area (Å²) in [6.45, 7) is 1.31. The normalized spacial score (nSPS) is 10.5. The van der Waals surface area contributed by atoms with Crippen molar-refractivity contribution in [1.82, 2.24) is 5.43 Å². The summed E-state index contributed by atoms with van der Waals surface area (Å²) in [4.78, 5) is 22.3. The number of nitro groups is 1. The highest BCUT2D eigenvalue weighted by Crippen LogP contribution is 2.27. The van der Waals surface area contributed by atoms with Gasteiger partial charge in [0.25, 0.3) is 5.91 Å². The van der Waals surface area contributed by atoms with Crippen molar-refractivity contribution < 1.29 is 23.9 Å². The second kappa shape index (κ2) is 9.18. The maximum Gasteiger partial charge on any atom is 0.311 e. The fourth-order valence-corrected chi connectivity index (χ4v) is 2.18. The van der Waals surface area contributed by atoms with Gasteiger partial charge in [0.1, 0.15) is 11.5 Å². The standard InChI is InChI=1S/C18H19N3O6/c1-12-4-6-17(15(8-12)21(23)24)27-11-18(22)20-19-10-13-9-14(25-2)5-7-16(13)26-3/h4-10H,11H2,1-3H3,(H,20,22)/b19-10-. The molecule has 9 nitrogen and oxygen atoms in total. The highest BCUT2D eigenvalue weighted by Gasteiger charge is 2.16. The Balaban J connectivity index is 1.97. The number of hydrogen-bond donors (Lipinski definition) is 1. The number of methoxy groups -OCH3 is 2. The van der Waals surface area contributed by atoms with Crippen LogP contribution in [0.3, 0.4) is 0 Å². The first-order chi connectivity index (χ1) is 12.9. The molecule has 1 amide bonds. The van der Waals surface area contributed by atoms with E-state index >= 15 is 0 Å². The molecule has 0 aliphatic heterocycles. The molecule has 9 heteroatoms. The van der Waals surface area contributed by atoms with Gasteiger partial charge in [-0.2, -0.15) is 5.10 Å². The number of benzene rings is 2. The third-order valence-corrected chi connectivity index (χ3v) is 3.50. The molecule has 0 unspecified atom stereocenters. The number of rotatable bonds is 8. The zero-order valence-corrected chi connectivity index (χ0v) is 15.1. The van der Waals surface area contributed by atoms with Crippen molar-refractivity contribution in [2.75, 3.05) is 20.8 Å². The monoisotopic (exact) mass is 373 g/mol. The number of amides is 1. The lowest BCUT2D eigenvalue weighted by atomic mass is 10.2. The first-order valence-corrected chi connectivity index (χ1v) is 7.86. The van der Waals surface area contributed by atoms with Crippen molar-refractivity contribution in [2.24, 2.45) is 5.10 Å². The Morgan fingerprint density at radius 3 is 2.59 bits per heavy atom. The van der Waals surface area contributed by atoms with Gasteiger partial charge >= 0.3 is 5.69 Å². The molecule has 0 fully saturated rings. The number of aryl methyl sites for hydroxylation is 1. The molecular formula is C18H19N3O6. The zero-order chi connectivity index (χ0) is 19.8. The Morgan fingerprint density at radius 1 is 1.19 bits per heavy atom. The topological polar surface area (TPSA) is 112 Å². The van der Waals surface area contributed by atoms with Gasteiger partial charge in [0.15, 0.2) is 12.4 Å². The number of carbonyl (C=O) groups excluding carboxylic acids is 1. The van der Waals surface area contributed by atoms with Crippen molar-refractivity contribution in [3.63, 3.8) is 0 Å². The molecule has 0 atom stereocenters. The van der Waals surface area contributed by atoms with Crippen LogP contribution in [-0.2, 0) is 4.79 Å². The molecule has 0 heterocycles. The van der Waals surface area contributed by atoms with Gasteiger partial charge in [-0.15, -0.1) is 0 Å². The Kier molecular flexibility index (Phi) is 6.70. The van der Waals surface area contributed by atoms with E-state index in [9.17, 15) is 14.9 Å². The number of ether oxygens (including phenoxy) is 3. The Labute approximate surface area is 155 Å². The molecule has 2 aromatic carbocycles. The largest absolute Gasteiger partial charge is 0.497 e. The molecule has 0 aliphatic rings. The number of hydrogen-bond acceptors (Lipinski definition) is 7. The van der Waals surface area contributed by atoms with Crippen molar-refractivity contribution in [2.45, 2.75) is 6.92 Å². The summed E-state index contributed by atoms with van der Waals surface area (Å²) in [5.74, 6) is 0.612. The molecule has 0 saturated heterocycles. The number of nitrogens with zero attached hydrogens (tertiary/aromatic N) is 2. The molecular weight excluding hydrogens is 354 g/mol. The molecule has 2 aromatic rings.